The molecule has 0 bridgehead atoms. The molecule has 0 aliphatic carbocycles. The van der Waals surface area contributed by atoms with Crippen molar-refractivity contribution < 1.29 is 0 Å². The Labute approximate surface area is 170 Å². The van der Waals surface area contributed by atoms with Crippen LogP contribution in [0.5, 0.6) is 0 Å². The number of dihydropyridines is 1. The zero-order valence-corrected chi connectivity index (χ0v) is 17.5. The lowest BCUT2D eigenvalue weighted by atomic mass is 9.86. The maximum atomic E-state index is 7.24. The van der Waals surface area contributed by atoms with E-state index in [0.29, 0.717) is 18.1 Å². The third kappa shape index (κ3) is 5.66. The van der Waals surface area contributed by atoms with Gasteiger partial charge in [-0.25, -0.2) is 0 Å². The lowest BCUT2D eigenvalue weighted by molar-refractivity contribution is 0.0752. The van der Waals surface area contributed by atoms with Crippen molar-refractivity contribution in [2.75, 3.05) is 39.3 Å². The highest BCUT2D eigenvalue weighted by atomic mass is 15.3. The lowest BCUT2D eigenvalue weighted by Gasteiger charge is -2.46. The van der Waals surface area contributed by atoms with Gasteiger partial charge < -0.3 is 16.0 Å². The summed E-state index contributed by atoms with van der Waals surface area (Å²) in [7, 11) is 0. The van der Waals surface area contributed by atoms with Crippen molar-refractivity contribution in [2.24, 2.45) is 0 Å². The molecule has 0 amide bonds. The van der Waals surface area contributed by atoms with Crippen molar-refractivity contribution in [3.05, 3.63) is 47.7 Å². The van der Waals surface area contributed by atoms with Crippen molar-refractivity contribution >= 4 is 6.21 Å². The summed E-state index contributed by atoms with van der Waals surface area (Å²) in [5.41, 5.74) is 2.69. The van der Waals surface area contributed by atoms with Crippen LogP contribution in [0.15, 0.2) is 47.7 Å². The van der Waals surface area contributed by atoms with Crippen LogP contribution in [0.25, 0.3) is 0 Å². The standard InChI is InChI=1S/C23H37N5/c1-19(6-4-10-24)18-21-8-3-9-22(23-20(2)7-5-11-26-23)28(21)17-16-27-14-12-25-13-15-27/h4-7,10-11,18,21-26H,3,8-9,12-17H2,1-2H3/b6-4-,19-18+,24-10?/t21-,22+,23?/m0/s1. The molecule has 1 unspecified atom stereocenters. The second-order valence-corrected chi connectivity index (χ2v) is 8.25. The maximum Gasteiger partial charge on any atom is 0.0624 e. The first-order chi connectivity index (χ1) is 13.7. The normalized spacial score (nSPS) is 30.3. The minimum atomic E-state index is 0.404. The summed E-state index contributed by atoms with van der Waals surface area (Å²) in [6.45, 7) is 11.2. The molecule has 2 fully saturated rings. The summed E-state index contributed by atoms with van der Waals surface area (Å²) in [5.74, 6) is 0. The highest BCUT2D eigenvalue weighted by Crippen LogP contribution is 2.29. The van der Waals surface area contributed by atoms with Crippen LogP contribution in [0.3, 0.4) is 0 Å². The smallest absolute Gasteiger partial charge is 0.0624 e. The minimum Gasteiger partial charge on any atom is -0.383 e. The first-order valence-corrected chi connectivity index (χ1v) is 10.8. The van der Waals surface area contributed by atoms with Crippen LogP contribution >= 0.6 is 0 Å². The number of likely N-dealkylation sites (tertiary alicyclic amines) is 1. The fourth-order valence-corrected chi connectivity index (χ4v) is 4.74. The molecule has 5 nitrogen and oxygen atoms in total. The predicted octanol–water partition coefficient (Wildman–Crippen LogP) is 2.70. The van der Waals surface area contributed by atoms with Crippen molar-refractivity contribution in [3.8, 4) is 0 Å². The number of nitrogens with zero attached hydrogens (tertiary/aromatic N) is 2. The average molecular weight is 384 g/mol. The molecule has 28 heavy (non-hydrogen) atoms. The number of piperidine rings is 1. The Hall–Kier alpha value is -1.69. The van der Waals surface area contributed by atoms with E-state index in [2.05, 4.69) is 64.8 Å². The van der Waals surface area contributed by atoms with Crippen LogP contribution < -0.4 is 10.6 Å². The van der Waals surface area contributed by atoms with Gasteiger partial charge in [-0.3, -0.25) is 9.80 Å². The number of nitrogens with one attached hydrogen (secondary N) is 3. The first kappa shape index (κ1) is 21.0. The predicted molar refractivity (Wildman–Crippen MR) is 119 cm³/mol. The summed E-state index contributed by atoms with van der Waals surface area (Å²) < 4.78 is 0. The van der Waals surface area contributed by atoms with Crippen molar-refractivity contribution in [3.63, 3.8) is 0 Å². The van der Waals surface area contributed by atoms with Crippen LogP contribution in [-0.2, 0) is 0 Å². The number of allylic oxidation sites excluding steroid dienone is 5. The van der Waals surface area contributed by atoms with Gasteiger partial charge >= 0.3 is 0 Å². The Morgan fingerprint density at radius 3 is 2.82 bits per heavy atom. The van der Waals surface area contributed by atoms with E-state index in [-0.39, 0.29) is 0 Å². The zero-order chi connectivity index (χ0) is 19.8. The molecular weight excluding hydrogens is 346 g/mol. The highest BCUT2D eigenvalue weighted by molar-refractivity contribution is 5.68. The second kappa shape index (κ2) is 10.7. The van der Waals surface area contributed by atoms with Crippen molar-refractivity contribution in [1.29, 1.82) is 5.41 Å². The van der Waals surface area contributed by atoms with E-state index >= 15 is 0 Å². The van der Waals surface area contributed by atoms with E-state index in [9.17, 15) is 0 Å². The molecule has 3 aliphatic rings. The molecule has 2 saturated heterocycles. The molecule has 0 aromatic carbocycles. The van der Waals surface area contributed by atoms with Crippen LogP contribution in [0.2, 0.25) is 0 Å². The molecule has 0 saturated carbocycles. The Balaban J connectivity index is 1.76. The van der Waals surface area contributed by atoms with E-state index in [4.69, 9.17) is 5.41 Å². The minimum absolute atomic E-state index is 0.404. The molecule has 0 spiro atoms. The van der Waals surface area contributed by atoms with Crippen LogP contribution in [-0.4, -0.2) is 73.4 Å². The van der Waals surface area contributed by atoms with Gasteiger partial charge in [-0.2, -0.15) is 0 Å². The molecule has 0 radical (unpaired) electrons. The molecule has 3 heterocycles. The number of rotatable bonds is 7. The van der Waals surface area contributed by atoms with Gasteiger partial charge in [0.05, 0.1) is 6.04 Å². The first-order valence-electron chi connectivity index (χ1n) is 10.8. The Morgan fingerprint density at radius 1 is 1.25 bits per heavy atom. The van der Waals surface area contributed by atoms with Gasteiger partial charge in [0, 0.05) is 57.6 Å². The highest BCUT2D eigenvalue weighted by Gasteiger charge is 2.35. The molecule has 3 atom stereocenters. The van der Waals surface area contributed by atoms with E-state index in [0.717, 1.165) is 39.3 Å². The van der Waals surface area contributed by atoms with E-state index < -0.39 is 0 Å². The van der Waals surface area contributed by atoms with Crippen LogP contribution in [0, 0.1) is 5.41 Å². The molecule has 154 valence electrons. The largest absolute Gasteiger partial charge is 0.383 e. The molecule has 3 aliphatic heterocycles. The molecule has 0 aromatic rings. The molecule has 5 heteroatoms. The van der Waals surface area contributed by atoms with Crippen LogP contribution in [0.1, 0.15) is 33.1 Å². The van der Waals surface area contributed by atoms with Crippen molar-refractivity contribution in [2.45, 2.75) is 51.2 Å². The van der Waals surface area contributed by atoms with Gasteiger partial charge in [0.2, 0.25) is 0 Å². The third-order valence-electron chi connectivity index (χ3n) is 6.25. The van der Waals surface area contributed by atoms with E-state index in [1.807, 2.05) is 6.08 Å². The number of hydrogen-bond donors (Lipinski definition) is 3. The molecule has 0 aromatic heterocycles. The van der Waals surface area contributed by atoms with Gasteiger partial charge in [-0.05, 0) is 57.0 Å². The van der Waals surface area contributed by atoms with Gasteiger partial charge in [0.1, 0.15) is 0 Å². The average Bonchev–Trinajstić information content (AvgIpc) is 2.72. The van der Waals surface area contributed by atoms with Crippen molar-refractivity contribution in [1.82, 2.24) is 20.4 Å². The Kier molecular flexibility index (Phi) is 8.07. The third-order valence-corrected chi connectivity index (χ3v) is 6.25. The fraction of sp³-hybridized carbons (Fsp3) is 0.609. The summed E-state index contributed by atoms with van der Waals surface area (Å²) in [4.78, 5) is 5.35. The van der Waals surface area contributed by atoms with Gasteiger partial charge in [-0.15, -0.1) is 0 Å². The maximum absolute atomic E-state index is 7.24. The van der Waals surface area contributed by atoms with Gasteiger partial charge in [0.25, 0.3) is 0 Å². The second-order valence-electron chi connectivity index (χ2n) is 8.25. The number of hydrogen-bond acceptors (Lipinski definition) is 5. The molecular formula is C23H37N5. The van der Waals surface area contributed by atoms with E-state index in [1.165, 1.54) is 36.6 Å². The Bertz CT molecular complexity index is 627. The summed E-state index contributed by atoms with van der Waals surface area (Å²) in [5, 5.41) is 14.3. The molecule has 3 rings (SSSR count). The monoisotopic (exact) mass is 383 g/mol. The zero-order valence-electron chi connectivity index (χ0n) is 17.5. The van der Waals surface area contributed by atoms with Gasteiger partial charge in [-0.1, -0.05) is 23.8 Å². The molecule has 3 N–H and O–H groups in total. The summed E-state index contributed by atoms with van der Waals surface area (Å²) in [6.07, 6.45) is 17.9. The lowest BCUT2D eigenvalue weighted by Crippen LogP contribution is -2.57. The summed E-state index contributed by atoms with van der Waals surface area (Å²) in [6, 6.07) is 1.40. The quantitative estimate of drug-likeness (QED) is 0.467. The number of piperazine rings is 1. The Morgan fingerprint density at radius 2 is 2.07 bits per heavy atom. The fourth-order valence-electron chi connectivity index (χ4n) is 4.74. The summed E-state index contributed by atoms with van der Waals surface area (Å²) >= 11 is 0. The van der Waals surface area contributed by atoms with E-state index in [1.54, 1.807) is 0 Å². The van der Waals surface area contributed by atoms with Gasteiger partial charge in [0.15, 0.2) is 0 Å². The van der Waals surface area contributed by atoms with Crippen LogP contribution in [0.4, 0.5) is 0 Å². The SMILES string of the molecule is CC1=CC=CNC1[C@H]1CCC[C@@H](/C=C(C)/C=C\C=N)N1CCN1CCNCC1. The topological polar surface area (TPSA) is 54.4 Å².